The third-order valence-corrected chi connectivity index (χ3v) is 4.26. The predicted molar refractivity (Wildman–Crippen MR) is 92.0 cm³/mol. The zero-order chi connectivity index (χ0) is 15.1. The van der Waals surface area contributed by atoms with Gasteiger partial charge in [-0.1, -0.05) is 55.5 Å². The highest BCUT2D eigenvalue weighted by Crippen LogP contribution is 2.22. The first-order chi connectivity index (χ1) is 10.2. The lowest BCUT2D eigenvalue weighted by atomic mass is 9.91. The molecule has 0 amide bonds. The molecule has 0 radical (unpaired) electrons. The fourth-order valence-electron chi connectivity index (χ4n) is 2.73. The van der Waals surface area contributed by atoms with Gasteiger partial charge in [0.1, 0.15) is 0 Å². The Morgan fingerprint density at radius 2 is 1.71 bits per heavy atom. The van der Waals surface area contributed by atoms with Gasteiger partial charge < -0.3 is 5.32 Å². The first-order valence-corrected chi connectivity index (χ1v) is 8.02. The molecule has 2 aromatic carbocycles. The fourth-order valence-corrected chi connectivity index (χ4v) is 2.73. The van der Waals surface area contributed by atoms with Crippen LogP contribution in [0.2, 0.25) is 0 Å². The minimum atomic E-state index is 0.591. The van der Waals surface area contributed by atoms with Crippen LogP contribution in [0.4, 0.5) is 0 Å². The van der Waals surface area contributed by atoms with E-state index in [0.717, 1.165) is 19.5 Å². The number of hydrogen-bond donors (Lipinski definition) is 1. The van der Waals surface area contributed by atoms with Crippen LogP contribution >= 0.6 is 0 Å². The molecule has 1 N–H and O–H groups in total. The van der Waals surface area contributed by atoms with Gasteiger partial charge >= 0.3 is 0 Å². The Bertz CT molecular complexity index is 545. The third-order valence-electron chi connectivity index (χ3n) is 4.26. The average molecular weight is 281 g/mol. The van der Waals surface area contributed by atoms with E-state index in [-0.39, 0.29) is 0 Å². The molecule has 0 saturated heterocycles. The Hall–Kier alpha value is -1.60. The topological polar surface area (TPSA) is 12.0 Å². The Balaban J connectivity index is 2.03. The van der Waals surface area contributed by atoms with E-state index in [1.807, 2.05) is 0 Å². The van der Waals surface area contributed by atoms with E-state index in [1.165, 1.54) is 28.7 Å². The van der Waals surface area contributed by atoms with Crippen molar-refractivity contribution in [2.75, 3.05) is 13.1 Å². The van der Waals surface area contributed by atoms with Crippen LogP contribution in [-0.4, -0.2) is 13.1 Å². The van der Waals surface area contributed by atoms with Crippen LogP contribution in [0.1, 0.15) is 41.5 Å². The highest BCUT2D eigenvalue weighted by atomic mass is 14.8. The summed E-state index contributed by atoms with van der Waals surface area (Å²) in [6.07, 6.45) is 2.34. The molecule has 0 aliphatic rings. The second-order valence-corrected chi connectivity index (χ2v) is 5.87. The van der Waals surface area contributed by atoms with Crippen LogP contribution < -0.4 is 5.32 Å². The third kappa shape index (κ3) is 4.71. The molecule has 1 unspecified atom stereocenters. The number of nitrogens with one attached hydrogen (secondary N) is 1. The maximum Gasteiger partial charge on any atom is 0.00201 e. The minimum Gasteiger partial charge on any atom is -0.316 e. The van der Waals surface area contributed by atoms with Crippen molar-refractivity contribution in [2.45, 2.75) is 39.5 Å². The largest absolute Gasteiger partial charge is 0.316 e. The molecular formula is C20H27N. The molecule has 0 saturated carbocycles. The molecule has 1 heteroatoms. The maximum absolute atomic E-state index is 3.50. The SMILES string of the molecule is CCNCC(CCc1ccc(C)c(C)c1)c1ccccc1. The number of benzene rings is 2. The van der Waals surface area contributed by atoms with E-state index < -0.39 is 0 Å². The van der Waals surface area contributed by atoms with Gasteiger partial charge in [-0.2, -0.15) is 0 Å². The van der Waals surface area contributed by atoms with Crippen LogP contribution in [0.15, 0.2) is 48.5 Å². The van der Waals surface area contributed by atoms with E-state index in [4.69, 9.17) is 0 Å². The summed E-state index contributed by atoms with van der Waals surface area (Å²) in [6, 6.07) is 17.7. The Morgan fingerprint density at radius 3 is 2.38 bits per heavy atom. The second kappa shape index (κ2) is 7.99. The number of aryl methyl sites for hydroxylation is 3. The predicted octanol–water partition coefficient (Wildman–Crippen LogP) is 4.63. The summed E-state index contributed by atoms with van der Waals surface area (Å²) < 4.78 is 0. The molecule has 21 heavy (non-hydrogen) atoms. The summed E-state index contributed by atoms with van der Waals surface area (Å²) in [5.74, 6) is 0.591. The lowest BCUT2D eigenvalue weighted by Gasteiger charge is -2.18. The Morgan fingerprint density at radius 1 is 0.952 bits per heavy atom. The van der Waals surface area contributed by atoms with Gasteiger partial charge in [-0.3, -0.25) is 0 Å². The highest BCUT2D eigenvalue weighted by Gasteiger charge is 2.11. The normalized spacial score (nSPS) is 12.3. The van der Waals surface area contributed by atoms with Crippen molar-refractivity contribution in [2.24, 2.45) is 0 Å². The quantitative estimate of drug-likeness (QED) is 0.780. The summed E-state index contributed by atoms with van der Waals surface area (Å²) in [5.41, 5.74) is 5.68. The smallest absolute Gasteiger partial charge is 0.00201 e. The van der Waals surface area contributed by atoms with E-state index in [1.54, 1.807) is 0 Å². The van der Waals surface area contributed by atoms with Gasteiger partial charge in [0, 0.05) is 6.54 Å². The van der Waals surface area contributed by atoms with Gasteiger partial charge in [0.25, 0.3) is 0 Å². The zero-order valence-electron chi connectivity index (χ0n) is 13.5. The summed E-state index contributed by atoms with van der Waals surface area (Å²) in [6.45, 7) is 8.65. The Labute approximate surface area is 129 Å². The molecule has 0 aliphatic carbocycles. The van der Waals surface area contributed by atoms with Crippen molar-refractivity contribution >= 4 is 0 Å². The lowest BCUT2D eigenvalue weighted by Crippen LogP contribution is -2.21. The van der Waals surface area contributed by atoms with Gasteiger partial charge in [-0.15, -0.1) is 0 Å². The summed E-state index contributed by atoms with van der Waals surface area (Å²) in [7, 11) is 0. The molecule has 112 valence electrons. The lowest BCUT2D eigenvalue weighted by molar-refractivity contribution is 0.561. The summed E-state index contributed by atoms with van der Waals surface area (Å²) in [5, 5.41) is 3.50. The number of likely N-dealkylation sites (N-methyl/N-ethyl adjacent to an activating group) is 1. The zero-order valence-corrected chi connectivity index (χ0v) is 13.5. The molecule has 0 spiro atoms. The van der Waals surface area contributed by atoms with E-state index in [0.29, 0.717) is 5.92 Å². The standard InChI is InChI=1S/C20H27N/c1-4-21-15-20(19-8-6-5-7-9-19)13-12-18-11-10-16(2)17(3)14-18/h5-11,14,20-21H,4,12-13,15H2,1-3H3. The summed E-state index contributed by atoms with van der Waals surface area (Å²) in [4.78, 5) is 0. The molecule has 0 aliphatic heterocycles. The van der Waals surface area contributed by atoms with Crippen molar-refractivity contribution in [3.8, 4) is 0 Å². The van der Waals surface area contributed by atoms with Crippen LogP contribution in [0.25, 0.3) is 0 Å². The van der Waals surface area contributed by atoms with Crippen molar-refractivity contribution in [3.63, 3.8) is 0 Å². The van der Waals surface area contributed by atoms with Crippen molar-refractivity contribution in [1.29, 1.82) is 0 Å². The molecule has 0 heterocycles. The van der Waals surface area contributed by atoms with Crippen LogP contribution in [0.5, 0.6) is 0 Å². The highest BCUT2D eigenvalue weighted by molar-refractivity contribution is 5.30. The number of rotatable bonds is 7. The van der Waals surface area contributed by atoms with Gasteiger partial charge in [-0.05, 0) is 61.4 Å². The number of hydrogen-bond acceptors (Lipinski definition) is 1. The van der Waals surface area contributed by atoms with Crippen molar-refractivity contribution in [1.82, 2.24) is 5.32 Å². The van der Waals surface area contributed by atoms with Crippen molar-refractivity contribution < 1.29 is 0 Å². The molecule has 0 aromatic heterocycles. The van der Waals surface area contributed by atoms with Gasteiger partial charge in [0.15, 0.2) is 0 Å². The molecule has 2 rings (SSSR count). The average Bonchev–Trinajstić information content (AvgIpc) is 2.51. The minimum absolute atomic E-state index is 0.591. The van der Waals surface area contributed by atoms with E-state index >= 15 is 0 Å². The van der Waals surface area contributed by atoms with Gasteiger partial charge in [0.2, 0.25) is 0 Å². The first kappa shape index (κ1) is 15.8. The monoisotopic (exact) mass is 281 g/mol. The van der Waals surface area contributed by atoms with E-state index in [2.05, 4.69) is 74.6 Å². The molecule has 0 bridgehead atoms. The van der Waals surface area contributed by atoms with Crippen LogP contribution in [0, 0.1) is 13.8 Å². The Kier molecular flexibility index (Phi) is 6.01. The molecule has 2 aromatic rings. The van der Waals surface area contributed by atoms with Crippen LogP contribution in [-0.2, 0) is 6.42 Å². The maximum atomic E-state index is 3.50. The summed E-state index contributed by atoms with van der Waals surface area (Å²) >= 11 is 0. The van der Waals surface area contributed by atoms with Gasteiger partial charge in [0.05, 0.1) is 0 Å². The second-order valence-electron chi connectivity index (χ2n) is 5.87. The molecule has 0 fully saturated rings. The molecular weight excluding hydrogens is 254 g/mol. The molecule has 1 atom stereocenters. The fraction of sp³-hybridized carbons (Fsp3) is 0.400. The first-order valence-electron chi connectivity index (χ1n) is 8.02. The van der Waals surface area contributed by atoms with Gasteiger partial charge in [-0.25, -0.2) is 0 Å². The van der Waals surface area contributed by atoms with Crippen LogP contribution in [0.3, 0.4) is 0 Å². The molecule has 1 nitrogen and oxygen atoms in total. The van der Waals surface area contributed by atoms with Crippen molar-refractivity contribution in [3.05, 3.63) is 70.8 Å². The van der Waals surface area contributed by atoms with E-state index in [9.17, 15) is 0 Å².